The maximum absolute atomic E-state index is 12.2. The van der Waals surface area contributed by atoms with E-state index in [9.17, 15) is 14.4 Å². The number of ketones is 1. The predicted octanol–water partition coefficient (Wildman–Crippen LogP) is 5.13. The molecule has 0 bridgehead atoms. The number of nitrogens with zero attached hydrogens (tertiary/aromatic N) is 1. The van der Waals surface area contributed by atoms with E-state index in [2.05, 4.69) is 29.0 Å². The van der Waals surface area contributed by atoms with Crippen molar-refractivity contribution >= 4 is 23.3 Å². The Balaban J connectivity index is 0.000000247. The van der Waals surface area contributed by atoms with Crippen molar-refractivity contribution < 1.29 is 24.5 Å². The summed E-state index contributed by atoms with van der Waals surface area (Å²) in [6.45, 7) is 10.4. The number of aryl methyl sites for hydroxylation is 2. The van der Waals surface area contributed by atoms with Crippen LogP contribution in [0.1, 0.15) is 51.3 Å². The van der Waals surface area contributed by atoms with Crippen molar-refractivity contribution in [3.8, 4) is 0 Å². The normalized spacial score (nSPS) is 10.2. The molecule has 3 aromatic carbocycles. The summed E-state index contributed by atoms with van der Waals surface area (Å²) in [5.41, 5.74) is 3.87. The summed E-state index contributed by atoms with van der Waals surface area (Å²) in [7, 11) is 0. The highest BCUT2D eigenvalue weighted by Gasteiger charge is 2.18. The minimum Gasteiger partial charge on any atom is -0.324 e. The summed E-state index contributed by atoms with van der Waals surface area (Å²) in [4.78, 5) is 41.2. The van der Waals surface area contributed by atoms with Crippen molar-refractivity contribution in [1.29, 1.82) is 0 Å². The number of anilines is 1. The molecule has 0 atom stereocenters. The van der Waals surface area contributed by atoms with Crippen LogP contribution in [0.2, 0.25) is 0 Å². The standard InChI is InChI=1S/C14H22N2O.C14H10O4/c1-5-16(6-2)10-13(17)15-14-11(3)8-7-9-12(14)4;15-13(10-6-2-1-3-7-10)11-8-4-5-9-12(11)14(16)18-17/h7-9H,5-6,10H2,1-4H3,(H,15,17);1-9,17H. The fraction of sp³-hybridized carbons (Fsp3) is 0.250. The number of likely N-dealkylation sites (N-methyl/N-ethyl adjacent to an activating group) is 1. The number of hydrogen-bond donors (Lipinski definition) is 2. The molecule has 0 spiro atoms. The van der Waals surface area contributed by atoms with Crippen LogP contribution in [0, 0.1) is 13.8 Å². The zero-order chi connectivity index (χ0) is 25.8. The van der Waals surface area contributed by atoms with Crippen molar-refractivity contribution in [2.24, 2.45) is 0 Å². The number of benzene rings is 3. The minimum atomic E-state index is -0.949. The van der Waals surface area contributed by atoms with Crippen molar-refractivity contribution in [2.45, 2.75) is 27.7 Å². The number of para-hydroxylation sites is 1. The van der Waals surface area contributed by atoms with Gasteiger partial charge in [-0.15, -0.1) is 0 Å². The number of carbonyl (C=O) groups excluding carboxylic acids is 3. The lowest BCUT2D eigenvalue weighted by atomic mass is 9.98. The first-order valence-corrected chi connectivity index (χ1v) is 11.4. The molecule has 3 rings (SSSR count). The lowest BCUT2D eigenvalue weighted by molar-refractivity contribution is -0.182. The highest BCUT2D eigenvalue weighted by Crippen LogP contribution is 2.19. The smallest absolute Gasteiger partial charge is 0.324 e. The topological polar surface area (TPSA) is 95.9 Å². The minimum absolute atomic E-state index is 0.0360. The number of nitrogens with one attached hydrogen (secondary N) is 1. The summed E-state index contributed by atoms with van der Waals surface area (Å²) < 4.78 is 0. The maximum Gasteiger partial charge on any atom is 0.373 e. The van der Waals surface area contributed by atoms with E-state index in [1.165, 1.54) is 12.1 Å². The van der Waals surface area contributed by atoms with E-state index in [0.717, 1.165) is 29.9 Å². The highest BCUT2D eigenvalue weighted by atomic mass is 17.1. The summed E-state index contributed by atoms with van der Waals surface area (Å²) in [5, 5.41) is 11.4. The van der Waals surface area contributed by atoms with Gasteiger partial charge in [0.05, 0.1) is 12.1 Å². The van der Waals surface area contributed by atoms with Gasteiger partial charge in [-0.25, -0.2) is 4.79 Å². The molecule has 0 saturated carbocycles. The average Bonchev–Trinajstić information content (AvgIpc) is 2.89. The number of rotatable bonds is 8. The molecular formula is C28H32N2O5. The zero-order valence-electron chi connectivity index (χ0n) is 20.6. The Bertz CT molecular complexity index is 1120. The summed E-state index contributed by atoms with van der Waals surface area (Å²) in [6.07, 6.45) is 0. The Morgan fingerprint density at radius 2 is 1.34 bits per heavy atom. The van der Waals surface area contributed by atoms with Gasteiger partial charge in [-0.05, 0) is 44.1 Å². The van der Waals surface area contributed by atoms with E-state index in [1.54, 1.807) is 42.5 Å². The summed E-state index contributed by atoms with van der Waals surface area (Å²) in [6, 6.07) is 20.8. The van der Waals surface area contributed by atoms with Crippen LogP contribution in [0.15, 0.2) is 72.8 Å². The van der Waals surface area contributed by atoms with Gasteiger partial charge in [0, 0.05) is 16.8 Å². The Morgan fingerprint density at radius 1 is 0.800 bits per heavy atom. The van der Waals surface area contributed by atoms with Crippen LogP contribution in [0.25, 0.3) is 0 Å². The second-order valence-electron chi connectivity index (χ2n) is 7.90. The first kappa shape index (κ1) is 27.4. The van der Waals surface area contributed by atoms with E-state index >= 15 is 0 Å². The quantitative estimate of drug-likeness (QED) is 0.266. The molecule has 35 heavy (non-hydrogen) atoms. The van der Waals surface area contributed by atoms with E-state index < -0.39 is 5.97 Å². The zero-order valence-corrected chi connectivity index (χ0v) is 20.6. The van der Waals surface area contributed by atoms with Crippen LogP contribution in [-0.2, 0) is 9.68 Å². The van der Waals surface area contributed by atoms with Crippen LogP contribution in [0.5, 0.6) is 0 Å². The van der Waals surface area contributed by atoms with E-state index in [0.29, 0.717) is 12.1 Å². The summed E-state index contributed by atoms with van der Waals surface area (Å²) in [5.74, 6) is -1.18. The molecule has 0 fully saturated rings. The highest BCUT2D eigenvalue weighted by molar-refractivity contribution is 6.14. The van der Waals surface area contributed by atoms with Gasteiger partial charge in [-0.3, -0.25) is 19.4 Å². The molecule has 0 radical (unpaired) electrons. The lowest BCUT2D eigenvalue weighted by Gasteiger charge is -2.18. The second-order valence-corrected chi connectivity index (χ2v) is 7.90. The second kappa shape index (κ2) is 13.8. The molecule has 0 aliphatic carbocycles. The van der Waals surface area contributed by atoms with E-state index in [1.807, 2.05) is 32.0 Å². The largest absolute Gasteiger partial charge is 0.373 e. The van der Waals surface area contributed by atoms with Crippen LogP contribution >= 0.6 is 0 Å². The Hall–Kier alpha value is -3.81. The fourth-order valence-electron chi connectivity index (χ4n) is 3.49. The SMILES string of the molecule is CCN(CC)CC(=O)Nc1c(C)cccc1C.O=C(OO)c1ccccc1C(=O)c1ccccc1. The third-order valence-electron chi connectivity index (χ3n) is 5.52. The van der Waals surface area contributed by atoms with Gasteiger partial charge in [0.15, 0.2) is 5.78 Å². The first-order chi connectivity index (χ1) is 16.8. The van der Waals surface area contributed by atoms with Crippen molar-refractivity contribution in [1.82, 2.24) is 4.90 Å². The van der Waals surface area contributed by atoms with Gasteiger partial charge in [0.2, 0.25) is 5.91 Å². The molecule has 0 heterocycles. The van der Waals surface area contributed by atoms with Crippen LogP contribution < -0.4 is 5.32 Å². The Morgan fingerprint density at radius 3 is 1.89 bits per heavy atom. The molecule has 3 aromatic rings. The molecular weight excluding hydrogens is 444 g/mol. The molecule has 0 unspecified atom stereocenters. The Kier molecular flexibility index (Phi) is 10.8. The third kappa shape index (κ3) is 7.88. The molecule has 7 nitrogen and oxygen atoms in total. The van der Waals surface area contributed by atoms with Gasteiger partial charge >= 0.3 is 5.97 Å². The van der Waals surface area contributed by atoms with Gasteiger partial charge in [0.1, 0.15) is 0 Å². The van der Waals surface area contributed by atoms with Crippen LogP contribution in [0.4, 0.5) is 5.69 Å². The van der Waals surface area contributed by atoms with Crippen molar-refractivity contribution in [3.63, 3.8) is 0 Å². The molecule has 2 N–H and O–H groups in total. The monoisotopic (exact) mass is 476 g/mol. The molecule has 1 amide bonds. The molecule has 0 aliphatic rings. The Labute approximate surface area is 206 Å². The predicted molar refractivity (Wildman–Crippen MR) is 137 cm³/mol. The van der Waals surface area contributed by atoms with Gasteiger partial charge in [-0.2, -0.15) is 5.26 Å². The molecule has 184 valence electrons. The number of hydrogen-bond acceptors (Lipinski definition) is 6. The van der Waals surface area contributed by atoms with Gasteiger partial charge < -0.3 is 5.32 Å². The maximum atomic E-state index is 12.2. The van der Waals surface area contributed by atoms with Crippen LogP contribution in [0.3, 0.4) is 0 Å². The fourth-order valence-corrected chi connectivity index (χ4v) is 3.49. The molecule has 0 aromatic heterocycles. The molecule has 0 saturated heterocycles. The lowest BCUT2D eigenvalue weighted by Crippen LogP contribution is -2.33. The van der Waals surface area contributed by atoms with Gasteiger partial charge in [0.25, 0.3) is 0 Å². The summed E-state index contributed by atoms with van der Waals surface area (Å²) >= 11 is 0. The number of amides is 1. The van der Waals surface area contributed by atoms with Gasteiger partial charge in [-0.1, -0.05) is 80.6 Å². The van der Waals surface area contributed by atoms with E-state index in [4.69, 9.17) is 5.26 Å². The molecule has 7 heteroatoms. The average molecular weight is 477 g/mol. The van der Waals surface area contributed by atoms with Crippen molar-refractivity contribution in [2.75, 3.05) is 25.0 Å². The third-order valence-corrected chi connectivity index (χ3v) is 5.52. The number of carbonyl (C=O) groups is 3. The van der Waals surface area contributed by atoms with E-state index in [-0.39, 0.29) is 22.8 Å². The van der Waals surface area contributed by atoms with Crippen molar-refractivity contribution in [3.05, 3.63) is 101 Å². The molecule has 0 aliphatic heterocycles. The first-order valence-electron chi connectivity index (χ1n) is 11.4. The van der Waals surface area contributed by atoms with Crippen LogP contribution in [-0.4, -0.2) is 47.5 Å².